The zero-order valence-electron chi connectivity index (χ0n) is 9.94. The predicted octanol–water partition coefficient (Wildman–Crippen LogP) is 3.52. The molecule has 0 aliphatic rings. The van der Waals surface area contributed by atoms with Gasteiger partial charge in [0.25, 0.3) is 0 Å². The molecule has 0 spiro atoms. The number of benzene rings is 2. The third-order valence-electron chi connectivity index (χ3n) is 2.57. The van der Waals surface area contributed by atoms with Gasteiger partial charge in [-0.1, -0.05) is 35.9 Å². The molecule has 2 aromatic carbocycles. The first kappa shape index (κ1) is 11.4. The molecule has 0 N–H and O–H groups in total. The van der Waals surface area contributed by atoms with E-state index in [4.69, 9.17) is 4.74 Å². The van der Waals surface area contributed by atoms with Crippen LogP contribution in [-0.2, 0) is 0 Å². The van der Waals surface area contributed by atoms with Crippen LogP contribution in [0.1, 0.15) is 21.5 Å². The summed E-state index contributed by atoms with van der Waals surface area (Å²) in [4.78, 5) is 12.0. The van der Waals surface area contributed by atoms with Gasteiger partial charge in [-0.05, 0) is 37.6 Å². The summed E-state index contributed by atoms with van der Waals surface area (Å²) in [6, 6.07) is 14.9. The maximum Gasteiger partial charge on any atom is 0.343 e. The van der Waals surface area contributed by atoms with Crippen molar-refractivity contribution in [3.8, 4) is 5.75 Å². The second-order valence-electron chi connectivity index (χ2n) is 4.02. The molecule has 0 aliphatic heterocycles. The molecular formula is C15H14O2. The number of rotatable bonds is 2. The molecule has 17 heavy (non-hydrogen) atoms. The number of esters is 1. The van der Waals surface area contributed by atoms with Crippen LogP contribution in [0.5, 0.6) is 5.75 Å². The maximum absolute atomic E-state index is 12.0. The molecule has 0 aliphatic carbocycles. The third-order valence-corrected chi connectivity index (χ3v) is 2.57. The van der Waals surface area contributed by atoms with Crippen molar-refractivity contribution < 1.29 is 9.53 Å². The van der Waals surface area contributed by atoms with E-state index in [9.17, 15) is 4.79 Å². The molecule has 0 saturated heterocycles. The Hall–Kier alpha value is -2.09. The van der Waals surface area contributed by atoms with E-state index in [0.717, 1.165) is 11.1 Å². The summed E-state index contributed by atoms with van der Waals surface area (Å²) in [5, 5.41) is 0. The molecule has 86 valence electrons. The molecule has 2 nitrogen and oxygen atoms in total. The van der Waals surface area contributed by atoms with Crippen LogP contribution in [0, 0.1) is 13.8 Å². The second-order valence-corrected chi connectivity index (χ2v) is 4.02. The van der Waals surface area contributed by atoms with Crippen LogP contribution in [0.3, 0.4) is 0 Å². The van der Waals surface area contributed by atoms with Crippen molar-refractivity contribution in [2.24, 2.45) is 0 Å². The van der Waals surface area contributed by atoms with Gasteiger partial charge in [0, 0.05) is 0 Å². The Bertz CT molecular complexity index is 530. The standard InChI is InChI=1S/C15H14O2/c1-11-8-9-12(2)14(10-11)15(16)17-13-6-4-3-5-7-13/h3-10H,1-2H3. The van der Waals surface area contributed by atoms with Crippen LogP contribution in [0.2, 0.25) is 0 Å². The molecule has 0 bridgehead atoms. The molecule has 2 heteroatoms. The smallest absolute Gasteiger partial charge is 0.343 e. The predicted molar refractivity (Wildman–Crippen MR) is 67.3 cm³/mol. The molecule has 0 unspecified atom stereocenters. The fourth-order valence-electron chi connectivity index (χ4n) is 1.61. The van der Waals surface area contributed by atoms with Gasteiger partial charge >= 0.3 is 5.97 Å². The summed E-state index contributed by atoms with van der Waals surface area (Å²) in [7, 11) is 0. The molecule has 0 amide bonds. The van der Waals surface area contributed by atoms with Gasteiger partial charge in [0.1, 0.15) is 5.75 Å². The van der Waals surface area contributed by atoms with E-state index in [1.54, 1.807) is 12.1 Å². The van der Waals surface area contributed by atoms with Crippen molar-refractivity contribution >= 4 is 5.97 Å². The highest BCUT2D eigenvalue weighted by Gasteiger charge is 2.11. The highest BCUT2D eigenvalue weighted by atomic mass is 16.5. The van der Waals surface area contributed by atoms with Crippen LogP contribution in [-0.4, -0.2) is 5.97 Å². The lowest BCUT2D eigenvalue weighted by atomic mass is 10.1. The number of hydrogen-bond donors (Lipinski definition) is 0. The number of hydrogen-bond acceptors (Lipinski definition) is 2. The average molecular weight is 226 g/mol. The van der Waals surface area contributed by atoms with Gasteiger partial charge in [0.2, 0.25) is 0 Å². The molecule has 0 radical (unpaired) electrons. The normalized spacial score (nSPS) is 10.0. The number of aryl methyl sites for hydroxylation is 2. The Morgan fingerprint density at radius 1 is 1.00 bits per heavy atom. The van der Waals surface area contributed by atoms with Crippen LogP contribution in [0.15, 0.2) is 48.5 Å². The van der Waals surface area contributed by atoms with Crippen molar-refractivity contribution in [1.82, 2.24) is 0 Å². The van der Waals surface area contributed by atoms with E-state index >= 15 is 0 Å². The third kappa shape index (κ3) is 2.72. The number of para-hydroxylation sites is 1. The summed E-state index contributed by atoms with van der Waals surface area (Å²) in [5.41, 5.74) is 2.60. The lowest BCUT2D eigenvalue weighted by Gasteiger charge is -2.07. The van der Waals surface area contributed by atoms with Crippen molar-refractivity contribution in [3.05, 3.63) is 65.2 Å². The van der Waals surface area contributed by atoms with Crippen LogP contribution in [0.25, 0.3) is 0 Å². The zero-order chi connectivity index (χ0) is 12.3. The van der Waals surface area contributed by atoms with Crippen LogP contribution in [0.4, 0.5) is 0 Å². The van der Waals surface area contributed by atoms with E-state index < -0.39 is 0 Å². The zero-order valence-corrected chi connectivity index (χ0v) is 9.94. The Morgan fingerprint density at radius 2 is 1.71 bits per heavy atom. The van der Waals surface area contributed by atoms with Crippen molar-refractivity contribution in [2.75, 3.05) is 0 Å². The van der Waals surface area contributed by atoms with Gasteiger partial charge < -0.3 is 4.74 Å². The molecule has 0 fully saturated rings. The number of carbonyl (C=O) groups excluding carboxylic acids is 1. The van der Waals surface area contributed by atoms with Crippen molar-refractivity contribution in [2.45, 2.75) is 13.8 Å². The first-order chi connectivity index (χ1) is 8.16. The monoisotopic (exact) mass is 226 g/mol. The Balaban J connectivity index is 2.23. The summed E-state index contributed by atoms with van der Waals surface area (Å²) < 4.78 is 5.30. The van der Waals surface area contributed by atoms with E-state index in [1.807, 2.05) is 50.2 Å². The topological polar surface area (TPSA) is 26.3 Å². The summed E-state index contributed by atoms with van der Waals surface area (Å²) in [5.74, 6) is 0.260. The van der Waals surface area contributed by atoms with Gasteiger partial charge in [-0.2, -0.15) is 0 Å². The molecule has 2 aromatic rings. The SMILES string of the molecule is Cc1ccc(C)c(C(=O)Oc2ccccc2)c1. The molecule has 0 saturated carbocycles. The van der Waals surface area contributed by atoms with E-state index in [-0.39, 0.29) is 5.97 Å². The highest BCUT2D eigenvalue weighted by molar-refractivity contribution is 5.92. The van der Waals surface area contributed by atoms with Gasteiger partial charge in [-0.25, -0.2) is 4.79 Å². The molecule has 0 aromatic heterocycles. The first-order valence-electron chi connectivity index (χ1n) is 5.51. The fourth-order valence-corrected chi connectivity index (χ4v) is 1.61. The van der Waals surface area contributed by atoms with Gasteiger partial charge in [0.05, 0.1) is 5.56 Å². The van der Waals surface area contributed by atoms with E-state index in [2.05, 4.69) is 0 Å². The summed E-state index contributed by atoms with van der Waals surface area (Å²) >= 11 is 0. The summed E-state index contributed by atoms with van der Waals surface area (Å²) in [6.07, 6.45) is 0. The lowest BCUT2D eigenvalue weighted by Crippen LogP contribution is -2.10. The highest BCUT2D eigenvalue weighted by Crippen LogP contribution is 2.15. The van der Waals surface area contributed by atoms with Crippen LogP contribution < -0.4 is 4.74 Å². The Kier molecular flexibility index (Phi) is 3.24. The largest absolute Gasteiger partial charge is 0.423 e. The fraction of sp³-hybridized carbons (Fsp3) is 0.133. The summed E-state index contributed by atoms with van der Waals surface area (Å²) in [6.45, 7) is 3.86. The van der Waals surface area contributed by atoms with Gasteiger partial charge in [-0.3, -0.25) is 0 Å². The minimum absolute atomic E-state index is 0.308. The minimum Gasteiger partial charge on any atom is -0.423 e. The minimum atomic E-state index is -0.308. The number of carbonyl (C=O) groups is 1. The van der Waals surface area contributed by atoms with E-state index in [1.165, 1.54) is 0 Å². The van der Waals surface area contributed by atoms with Crippen molar-refractivity contribution in [3.63, 3.8) is 0 Å². The quantitative estimate of drug-likeness (QED) is 0.578. The molecule has 2 rings (SSSR count). The average Bonchev–Trinajstić information content (AvgIpc) is 2.33. The maximum atomic E-state index is 12.0. The number of ether oxygens (including phenoxy) is 1. The van der Waals surface area contributed by atoms with Gasteiger partial charge in [-0.15, -0.1) is 0 Å². The first-order valence-corrected chi connectivity index (χ1v) is 5.51. The molecule has 0 atom stereocenters. The van der Waals surface area contributed by atoms with Gasteiger partial charge in [0.15, 0.2) is 0 Å². The Labute approximate surface area is 101 Å². The van der Waals surface area contributed by atoms with Crippen LogP contribution >= 0.6 is 0 Å². The second kappa shape index (κ2) is 4.83. The molecular weight excluding hydrogens is 212 g/mol. The van der Waals surface area contributed by atoms with E-state index in [0.29, 0.717) is 11.3 Å². The Morgan fingerprint density at radius 3 is 2.41 bits per heavy atom. The van der Waals surface area contributed by atoms with Crippen molar-refractivity contribution in [1.29, 1.82) is 0 Å². The molecule has 0 heterocycles. The lowest BCUT2D eigenvalue weighted by molar-refractivity contribution is 0.0734.